The predicted molar refractivity (Wildman–Crippen MR) is 98.0 cm³/mol. The molecule has 2 aliphatic rings. The van der Waals surface area contributed by atoms with Crippen LogP contribution in [0.5, 0.6) is 0 Å². The Morgan fingerprint density at radius 3 is 2.74 bits per heavy atom. The van der Waals surface area contributed by atoms with E-state index in [0.29, 0.717) is 31.6 Å². The van der Waals surface area contributed by atoms with Gasteiger partial charge in [-0.3, -0.25) is 24.4 Å². The zero-order valence-corrected chi connectivity index (χ0v) is 15.5. The number of hydrogen-bond acceptors (Lipinski definition) is 4. The average Bonchev–Trinajstić information content (AvgIpc) is 3.26. The lowest BCUT2D eigenvalue weighted by Crippen LogP contribution is -2.36. The third-order valence-electron chi connectivity index (χ3n) is 5.48. The quantitative estimate of drug-likeness (QED) is 0.833. The Kier molecular flexibility index (Phi) is 4.09. The van der Waals surface area contributed by atoms with Crippen LogP contribution in [0.3, 0.4) is 0 Å². The molecule has 7 nitrogen and oxygen atoms in total. The van der Waals surface area contributed by atoms with Gasteiger partial charge in [-0.1, -0.05) is 12.1 Å². The number of imide groups is 1. The van der Waals surface area contributed by atoms with Gasteiger partial charge in [0.1, 0.15) is 0 Å². The lowest BCUT2D eigenvalue weighted by atomic mass is 9.85. The third-order valence-corrected chi connectivity index (χ3v) is 5.48. The monoisotopic (exact) mass is 366 g/mol. The molecule has 0 aliphatic carbocycles. The fourth-order valence-electron chi connectivity index (χ4n) is 4.06. The number of nitrogens with zero attached hydrogens (tertiary/aromatic N) is 3. The maximum atomic E-state index is 12.9. The molecular formula is C20H22N4O3. The number of carbonyl (C=O) groups excluding carboxylic acids is 3. The molecule has 1 atom stereocenters. The molecule has 1 unspecified atom stereocenters. The molecule has 3 heterocycles. The Labute approximate surface area is 157 Å². The fraction of sp³-hybridized carbons (Fsp3) is 0.400. The van der Waals surface area contributed by atoms with Crippen molar-refractivity contribution in [3.05, 3.63) is 52.8 Å². The van der Waals surface area contributed by atoms with Gasteiger partial charge >= 0.3 is 0 Å². The Morgan fingerprint density at radius 2 is 2.07 bits per heavy atom. The van der Waals surface area contributed by atoms with Crippen LogP contribution in [0, 0.1) is 19.3 Å². The molecule has 2 aromatic rings. The van der Waals surface area contributed by atoms with E-state index in [2.05, 4.69) is 10.4 Å². The van der Waals surface area contributed by atoms with E-state index >= 15 is 0 Å². The second-order valence-electron chi connectivity index (χ2n) is 7.60. The molecule has 2 fully saturated rings. The fourth-order valence-corrected chi connectivity index (χ4v) is 4.06. The second kappa shape index (κ2) is 6.33. The van der Waals surface area contributed by atoms with Crippen LogP contribution in [0.15, 0.2) is 30.3 Å². The molecule has 1 N–H and O–H groups in total. The topological polar surface area (TPSA) is 84.3 Å². The van der Waals surface area contributed by atoms with Crippen LogP contribution in [-0.4, -0.2) is 45.5 Å². The summed E-state index contributed by atoms with van der Waals surface area (Å²) in [6.07, 6.45) is 0.704. The summed E-state index contributed by atoms with van der Waals surface area (Å²) in [6.45, 7) is 5.34. The molecule has 4 rings (SSSR count). The van der Waals surface area contributed by atoms with Gasteiger partial charge in [0.25, 0.3) is 5.91 Å². The van der Waals surface area contributed by atoms with Crippen LogP contribution in [-0.2, 0) is 16.1 Å². The minimum absolute atomic E-state index is 0.103. The summed E-state index contributed by atoms with van der Waals surface area (Å²) in [7, 11) is 0. The lowest BCUT2D eigenvalue weighted by Gasteiger charge is -2.20. The molecule has 1 spiro atoms. The molecule has 1 aromatic heterocycles. The van der Waals surface area contributed by atoms with Gasteiger partial charge in [0, 0.05) is 30.8 Å². The number of aromatic nitrogens is 2. The number of amides is 3. The maximum Gasteiger partial charge on any atom is 0.253 e. The minimum Gasteiger partial charge on any atom is -0.338 e. The van der Waals surface area contributed by atoms with Crippen molar-refractivity contribution < 1.29 is 14.4 Å². The largest absolute Gasteiger partial charge is 0.338 e. The number of carbonyl (C=O) groups is 3. The van der Waals surface area contributed by atoms with Gasteiger partial charge in [-0.2, -0.15) is 5.10 Å². The van der Waals surface area contributed by atoms with E-state index in [9.17, 15) is 14.4 Å². The van der Waals surface area contributed by atoms with Crippen molar-refractivity contribution in [3.8, 4) is 0 Å². The van der Waals surface area contributed by atoms with Gasteiger partial charge in [0.05, 0.1) is 17.7 Å². The van der Waals surface area contributed by atoms with Crippen LogP contribution in [0.2, 0.25) is 0 Å². The van der Waals surface area contributed by atoms with E-state index in [1.807, 2.05) is 42.8 Å². The Hall–Kier alpha value is -2.96. The van der Waals surface area contributed by atoms with Gasteiger partial charge in [0.2, 0.25) is 11.8 Å². The van der Waals surface area contributed by atoms with E-state index in [0.717, 1.165) is 17.0 Å². The SMILES string of the molecule is Cc1cc(C)n(Cc2cccc(C(=O)N3CCC4(CC(=O)NC4=O)C3)c2)n1. The molecule has 7 heteroatoms. The first-order valence-corrected chi connectivity index (χ1v) is 9.10. The van der Waals surface area contributed by atoms with Gasteiger partial charge in [-0.15, -0.1) is 0 Å². The van der Waals surface area contributed by atoms with Crippen molar-refractivity contribution in [1.29, 1.82) is 0 Å². The van der Waals surface area contributed by atoms with Crippen LogP contribution >= 0.6 is 0 Å². The standard InChI is InChI=1S/C20H22N4O3/c1-13-8-14(2)24(22-13)11-15-4-3-5-16(9-15)18(26)23-7-6-20(12-23)10-17(25)21-19(20)27/h3-5,8-9H,6-7,10-12H2,1-2H3,(H,21,25,27). The summed E-state index contributed by atoms with van der Waals surface area (Å²) in [6, 6.07) is 9.53. The van der Waals surface area contributed by atoms with Crippen LogP contribution in [0.4, 0.5) is 0 Å². The molecule has 0 radical (unpaired) electrons. The molecule has 0 saturated carbocycles. The molecule has 0 bridgehead atoms. The Morgan fingerprint density at radius 1 is 1.26 bits per heavy atom. The number of hydrogen-bond donors (Lipinski definition) is 1. The van der Waals surface area contributed by atoms with E-state index in [4.69, 9.17) is 0 Å². The first-order valence-electron chi connectivity index (χ1n) is 9.10. The summed E-state index contributed by atoms with van der Waals surface area (Å²) < 4.78 is 1.91. The number of aryl methyl sites for hydroxylation is 2. The summed E-state index contributed by atoms with van der Waals surface area (Å²) in [5, 5.41) is 6.83. The first kappa shape index (κ1) is 17.5. The van der Waals surface area contributed by atoms with E-state index in [-0.39, 0.29) is 24.1 Å². The van der Waals surface area contributed by atoms with Gasteiger partial charge < -0.3 is 4.90 Å². The summed E-state index contributed by atoms with van der Waals surface area (Å²) >= 11 is 0. The van der Waals surface area contributed by atoms with Crippen molar-refractivity contribution >= 4 is 17.7 Å². The Bertz CT molecular complexity index is 948. The average molecular weight is 366 g/mol. The normalized spacial score (nSPS) is 21.9. The molecule has 1 aromatic carbocycles. The van der Waals surface area contributed by atoms with E-state index in [1.54, 1.807) is 11.0 Å². The molecule has 27 heavy (non-hydrogen) atoms. The highest BCUT2D eigenvalue weighted by molar-refractivity contribution is 6.06. The smallest absolute Gasteiger partial charge is 0.253 e. The number of likely N-dealkylation sites (tertiary alicyclic amines) is 1. The third kappa shape index (κ3) is 3.13. The molecule has 140 valence electrons. The highest BCUT2D eigenvalue weighted by Crippen LogP contribution is 2.38. The van der Waals surface area contributed by atoms with Crippen LogP contribution < -0.4 is 5.32 Å². The lowest BCUT2D eigenvalue weighted by molar-refractivity contribution is -0.128. The number of rotatable bonds is 3. The zero-order valence-electron chi connectivity index (χ0n) is 15.5. The summed E-state index contributed by atoms with van der Waals surface area (Å²) in [5.41, 5.74) is 2.88. The second-order valence-corrected chi connectivity index (χ2v) is 7.60. The van der Waals surface area contributed by atoms with Crippen molar-refractivity contribution in [1.82, 2.24) is 20.0 Å². The maximum absolute atomic E-state index is 12.9. The van der Waals surface area contributed by atoms with E-state index in [1.165, 1.54) is 0 Å². The molecule has 2 saturated heterocycles. The highest BCUT2D eigenvalue weighted by Gasteiger charge is 2.51. The molecular weight excluding hydrogens is 344 g/mol. The number of nitrogens with one attached hydrogen (secondary N) is 1. The first-order chi connectivity index (χ1) is 12.9. The van der Waals surface area contributed by atoms with Crippen molar-refractivity contribution in [2.45, 2.75) is 33.2 Å². The summed E-state index contributed by atoms with van der Waals surface area (Å²) in [4.78, 5) is 38.3. The van der Waals surface area contributed by atoms with Gasteiger partial charge in [-0.05, 0) is 44.0 Å². The van der Waals surface area contributed by atoms with Gasteiger partial charge in [-0.25, -0.2) is 0 Å². The summed E-state index contributed by atoms with van der Waals surface area (Å²) in [5.74, 6) is -0.600. The molecule has 2 aliphatic heterocycles. The Balaban J connectivity index is 1.51. The number of benzene rings is 1. The van der Waals surface area contributed by atoms with Crippen molar-refractivity contribution in [2.75, 3.05) is 13.1 Å². The van der Waals surface area contributed by atoms with Crippen LogP contribution in [0.25, 0.3) is 0 Å². The van der Waals surface area contributed by atoms with Crippen molar-refractivity contribution in [3.63, 3.8) is 0 Å². The van der Waals surface area contributed by atoms with E-state index < -0.39 is 5.41 Å². The van der Waals surface area contributed by atoms with Crippen molar-refractivity contribution in [2.24, 2.45) is 5.41 Å². The van der Waals surface area contributed by atoms with Crippen LogP contribution in [0.1, 0.15) is 40.2 Å². The molecule has 3 amide bonds. The highest BCUT2D eigenvalue weighted by atomic mass is 16.2. The predicted octanol–water partition coefficient (Wildman–Crippen LogP) is 1.43. The minimum atomic E-state index is -0.742. The zero-order chi connectivity index (χ0) is 19.2. The van der Waals surface area contributed by atoms with Gasteiger partial charge in [0.15, 0.2) is 0 Å².